The normalized spacial score (nSPS) is 26.5. The van der Waals surface area contributed by atoms with E-state index in [1.165, 1.54) is 66.5 Å². The minimum absolute atomic E-state index is 0.112. The van der Waals surface area contributed by atoms with Crippen molar-refractivity contribution in [3.8, 4) is 5.75 Å². The van der Waals surface area contributed by atoms with Crippen LogP contribution >= 0.6 is 0 Å². The van der Waals surface area contributed by atoms with Crippen molar-refractivity contribution in [3.05, 3.63) is 64.2 Å². The molecule has 0 bridgehead atoms. The van der Waals surface area contributed by atoms with Crippen molar-refractivity contribution in [1.29, 1.82) is 0 Å². The van der Waals surface area contributed by atoms with Crippen LogP contribution in [0.15, 0.2) is 36.4 Å². The summed E-state index contributed by atoms with van der Waals surface area (Å²) >= 11 is 0. The molecule has 3 unspecified atom stereocenters. The van der Waals surface area contributed by atoms with Gasteiger partial charge in [0.1, 0.15) is 11.9 Å². The number of carbonyl (C=O) groups is 1. The first kappa shape index (κ1) is 21.5. The zero-order valence-corrected chi connectivity index (χ0v) is 19.3. The smallest absolute Gasteiger partial charge is 0.335 e. The standard InChI is InChI=1S/C28H35NO3/c1-3-19-9-8-18(2)24-25(19)32-26(28(24)16-6-4-5-7-17-28)23-15-14-22(29-23)20-10-12-21(13-11-20)27(30)31/h8-13,22-23,26,29H,3-7,14-17H2,1-2H3,(H,30,31). The fraction of sp³-hybridized carbons (Fsp3) is 0.536. The zero-order chi connectivity index (χ0) is 22.3. The predicted molar refractivity (Wildman–Crippen MR) is 127 cm³/mol. The number of aromatic carboxylic acids is 1. The molecule has 170 valence electrons. The van der Waals surface area contributed by atoms with Crippen LogP contribution in [0, 0.1) is 6.92 Å². The number of carboxylic acids is 1. The number of hydrogen-bond donors (Lipinski definition) is 2. The van der Waals surface area contributed by atoms with Gasteiger partial charge in [-0.2, -0.15) is 0 Å². The molecule has 2 fully saturated rings. The van der Waals surface area contributed by atoms with Gasteiger partial charge in [-0.15, -0.1) is 0 Å². The molecule has 2 aromatic carbocycles. The quantitative estimate of drug-likeness (QED) is 0.611. The third-order valence-electron chi connectivity index (χ3n) is 8.22. The van der Waals surface area contributed by atoms with Crippen LogP contribution in [0.1, 0.15) is 96.9 Å². The Kier molecular flexibility index (Phi) is 5.75. The van der Waals surface area contributed by atoms with E-state index in [4.69, 9.17) is 4.74 Å². The van der Waals surface area contributed by atoms with Crippen LogP contribution in [0.3, 0.4) is 0 Å². The van der Waals surface area contributed by atoms with E-state index in [1.54, 1.807) is 12.1 Å². The van der Waals surface area contributed by atoms with Crippen molar-refractivity contribution in [1.82, 2.24) is 5.32 Å². The Balaban J connectivity index is 1.46. The molecular formula is C28H35NO3. The molecule has 4 nitrogen and oxygen atoms in total. The van der Waals surface area contributed by atoms with Gasteiger partial charge < -0.3 is 15.2 Å². The number of aryl methyl sites for hydroxylation is 2. The van der Waals surface area contributed by atoms with Gasteiger partial charge in [0, 0.05) is 23.1 Å². The molecule has 1 saturated heterocycles. The SMILES string of the molecule is CCc1ccc(C)c2c1OC(C1CCC(c3ccc(C(=O)O)cc3)N1)C21CCCCCC1. The summed E-state index contributed by atoms with van der Waals surface area (Å²) in [4.78, 5) is 11.2. The zero-order valence-electron chi connectivity index (χ0n) is 19.3. The summed E-state index contributed by atoms with van der Waals surface area (Å²) < 4.78 is 6.94. The van der Waals surface area contributed by atoms with Crippen molar-refractivity contribution in [3.63, 3.8) is 0 Å². The summed E-state index contributed by atoms with van der Waals surface area (Å²) in [5.41, 5.74) is 5.86. The Morgan fingerprint density at radius 3 is 2.44 bits per heavy atom. The fourth-order valence-electron chi connectivity index (χ4n) is 6.63. The number of nitrogens with one attached hydrogen (secondary N) is 1. The van der Waals surface area contributed by atoms with Gasteiger partial charge in [-0.05, 0) is 67.9 Å². The number of carboxylic acid groups (broad SMARTS) is 1. The molecule has 1 aliphatic carbocycles. The van der Waals surface area contributed by atoms with Crippen LogP contribution in [0.25, 0.3) is 0 Å². The second kappa shape index (κ2) is 8.55. The Bertz CT molecular complexity index is 988. The van der Waals surface area contributed by atoms with Gasteiger partial charge in [0.25, 0.3) is 0 Å². The number of rotatable bonds is 4. The minimum atomic E-state index is -0.872. The van der Waals surface area contributed by atoms with Crippen LogP contribution in [0.2, 0.25) is 0 Å². The highest BCUT2D eigenvalue weighted by atomic mass is 16.5. The van der Waals surface area contributed by atoms with Crippen molar-refractivity contribution in [2.24, 2.45) is 0 Å². The summed E-state index contributed by atoms with van der Waals surface area (Å²) in [6.07, 6.45) is 11.0. The second-order valence-electron chi connectivity index (χ2n) is 10.0. The van der Waals surface area contributed by atoms with Gasteiger partial charge >= 0.3 is 5.97 Å². The highest BCUT2D eigenvalue weighted by Crippen LogP contribution is 2.55. The molecule has 0 radical (unpaired) electrons. The summed E-state index contributed by atoms with van der Waals surface area (Å²) in [5, 5.41) is 13.1. The van der Waals surface area contributed by atoms with E-state index < -0.39 is 5.97 Å². The summed E-state index contributed by atoms with van der Waals surface area (Å²) in [7, 11) is 0. The Hall–Kier alpha value is -2.33. The van der Waals surface area contributed by atoms with Crippen LogP contribution < -0.4 is 10.1 Å². The third kappa shape index (κ3) is 3.53. The molecular weight excluding hydrogens is 398 g/mol. The molecule has 1 spiro atoms. The maximum Gasteiger partial charge on any atom is 0.335 e. The van der Waals surface area contributed by atoms with E-state index in [2.05, 4.69) is 31.3 Å². The highest BCUT2D eigenvalue weighted by molar-refractivity contribution is 5.87. The van der Waals surface area contributed by atoms with Crippen molar-refractivity contribution >= 4 is 5.97 Å². The fourth-order valence-corrected chi connectivity index (χ4v) is 6.63. The van der Waals surface area contributed by atoms with Gasteiger partial charge in [-0.25, -0.2) is 4.79 Å². The lowest BCUT2D eigenvalue weighted by Gasteiger charge is -2.38. The lowest BCUT2D eigenvalue weighted by atomic mass is 9.67. The number of fused-ring (bicyclic) bond motifs is 2. The molecule has 2 heterocycles. The molecule has 3 atom stereocenters. The average Bonchev–Trinajstić information content (AvgIpc) is 3.32. The van der Waals surface area contributed by atoms with Crippen LogP contribution in [0.5, 0.6) is 5.75 Å². The molecule has 2 aromatic rings. The lowest BCUT2D eigenvalue weighted by molar-refractivity contribution is 0.0697. The molecule has 4 heteroatoms. The minimum Gasteiger partial charge on any atom is -0.487 e. The van der Waals surface area contributed by atoms with Gasteiger partial charge in [0.2, 0.25) is 0 Å². The van der Waals surface area contributed by atoms with Crippen molar-refractivity contribution < 1.29 is 14.6 Å². The van der Waals surface area contributed by atoms with Gasteiger partial charge in [0.05, 0.1) is 5.56 Å². The van der Waals surface area contributed by atoms with Gasteiger partial charge in [-0.3, -0.25) is 0 Å². The van der Waals surface area contributed by atoms with Crippen LogP contribution in [0.4, 0.5) is 0 Å². The predicted octanol–water partition coefficient (Wildman–Crippen LogP) is 6.10. The summed E-state index contributed by atoms with van der Waals surface area (Å²) in [6.45, 7) is 4.50. The Morgan fingerprint density at radius 1 is 1.06 bits per heavy atom. The van der Waals surface area contributed by atoms with E-state index in [-0.39, 0.29) is 17.6 Å². The molecule has 0 amide bonds. The van der Waals surface area contributed by atoms with E-state index in [0.717, 1.165) is 19.3 Å². The maximum atomic E-state index is 11.2. The molecule has 3 aliphatic rings. The number of ether oxygens (including phenoxy) is 1. The van der Waals surface area contributed by atoms with Gasteiger partial charge in [-0.1, -0.05) is 56.9 Å². The Labute approximate surface area is 191 Å². The van der Waals surface area contributed by atoms with Crippen LogP contribution in [-0.4, -0.2) is 23.2 Å². The summed E-state index contributed by atoms with van der Waals surface area (Å²) in [5.74, 6) is 0.304. The second-order valence-corrected chi connectivity index (χ2v) is 10.0. The van der Waals surface area contributed by atoms with E-state index in [0.29, 0.717) is 11.6 Å². The van der Waals surface area contributed by atoms with E-state index in [9.17, 15) is 9.90 Å². The molecule has 32 heavy (non-hydrogen) atoms. The molecule has 5 rings (SSSR count). The molecule has 2 aliphatic heterocycles. The largest absolute Gasteiger partial charge is 0.487 e. The molecule has 2 N–H and O–H groups in total. The number of hydrogen-bond acceptors (Lipinski definition) is 3. The highest BCUT2D eigenvalue weighted by Gasteiger charge is 2.54. The number of benzene rings is 2. The van der Waals surface area contributed by atoms with Crippen molar-refractivity contribution in [2.75, 3.05) is 0 Å². The first-order valence-electron chi connectivity index (χ1n) is 12.4. The molecule has 1 saturated carbocycles. The van der Waals surface area contributed by atoms with E-state index >= 15 is 0 Å². The van der Waals surface area contributed by atoms with E-state index in [1.807, 2.05) is 12.1 Å². The maximum absolute atomic E-state index is 11.2. The third-order valence-corrected chi connectivity index (χ3v) is 8.22. The topological polar surface area (TPSA) is 58.6 Å². The first-order valence-corrected chi connectivity index (χ1v) is 12.4. The van der Waals surface area contributed by atoms with Crippen molar-refractivity contribution in [2.45, 2.75) is 95.2 Å². The Morgan fingerprint density at radius 2 is 1.78 bits per heavy atom. The van der Waals surface area contributed by atoms with Gasteiger partial charge in [0.15, 0.2) is 0 Å². The van der Waals surface area contributed by atoms with Crippen LogP contribution in [-0.2, 0) is 11.8 Å². The molecule has 0 aromatic heterocycles. The monoisotopic (exact) mass is 433 g/mol. The lowest BCUT2D eigenvalue weighted by Crippen LogP contribution is -2.50. The summed E-state index contributed by atoms with van der Waals surface area (Å²) in [6, 6.07) is 12.5. The average molecular weight is 434 g/mol. The first-order chi connectivity index (χ1) is 15.5.